The van der Waals surface area contributed by atoms with E-state index in [1.807, 2.05) is 25.1 Å². The van der Waals surface area contributed by atoms with Crippen LogP contribution in [0.25, 0.3) is 5.76 Å². The molecule has 1 amide bonds. The largest absolute Gasteiger partial charge is 0.507 e. The van der Waals surface area contributed by atoms with Crippen LogP contribution in [0, 0.1) is 12.8 Å². The van der Waals surface area contributed by atoms with Gasteiger partial charge in [-0.15, -0.1) is 10.2 Å². The summed E-state index contributed by atoms with van der Waals surface area (Å²) in [6.07, 6.45) is 0.876. The molecule has 0 saturated carbocycles. The number of aliphatic hydroxyl groups is 1. The molecule has 0 bridgehead atoms. The van der Waals surface area contributed by atoms with Gasteiger partial charge in [-0.1, -0.05) is 78.9 Å². The monoisotopic (exact) mass is 643 g/mol. The molecule has 232 valence electrons. The highest BCUT2D eigenvalue weighted by Crippen LogP contribution is 2.45. The van der Waals surface area contributed by atoms with Gasteiger partial charge in [-0.05, 0) is 60.7 Å². The van der Waals surface area contributed by atoms with Gasteiger partial charge in [-0.2, -0.15) is 0 Å². The van der Waals surface area contributed by atoms with Crippen LogP contribution in [0.2, 0.25) is 0 Å². The Balaban J connectivity index is 1.37. The number of hydrogen-bond acceptors (Lipinski definition) is 10. The van der Waals surface area contributed by atoms with E-state index in [4.69, 9.17) is 14.2 Å². The van der Waals surface area contributed by atoms with E-state index in [2.05, 4.69) is 48.3 Å². The van der Waals surface area contributed by atoms with Crippen molar-refractivity contribution in [2.45, 2.75) is 43.3 Å². The van der Waals surface area contributed by atoms with Crippen molar-refractivity contribution in [1.29, 1.82) is 0 Å². The lowest BCUT2D eigenvalue weighted by Gasteiger charge is -2.23. The predicted molar refractivity (Wildman–Crippen MR) is 174 cm³/mol. The number of carbonyl (C=O) groups excluding carboxylic acids is 2. The Kier molecular flexibility index (Phi) is 9.09. The summed E-state index contributed by atoms with van der Waals surface area (Å²) in [6.45, 7) is 7.61. The molecule has 3 heterocycles. The Morgan fingerprint density at radius 3 is 2.60 bits per heavy atom. The van der Waals surface area contributed by atoms with Crippen molar-refractivity contribution >= 4 is 45.7 Å². The topological polar surface area (TPSA) is 111 Å². The van der Waals surface area contributed by atoms with Crippen LogP contribution in [0.3, 0.4) is 0 Å². The minimum absolute atomic E-state index is 0.0555. The zero-order valence-corrected chi connectivity index (χ0v) is 26.8. The van der Waals surface area contributed by atoms with Crippen molar-refractivity contribution in [3.05, 3.63) is 94.6 Å². The first-order valence-electron chi connectivity index (χ1n) is 14.7. The third-order valence-corrected chi connectivity index (χ3v) is 9.61. The smallest absolute Gasteiger partial charge is 0.301 e. The van der Waals surface area contributed by atoms with Crippen LogP contribution in [-0.4, -0.2) is 46.8 Å². The second-order valence-electron chi connectivity index (χ2n) is 11.3. The summed E-state index contributed by atoms with van der Waals surface area (Å²) in [6, 6.07) is 19.5. The maximum absolute atomic E-state index is 13.7. The van der Waals surface area contributed by atoms with Gasteiger partial charge in [-0.25, -0.2) is 0 Å². The lowest BCUT2D eigenvalue weighted by Crippen LogP contribution is -2.29. The van der Waals surface area contributed by atoms with Crippen molar-refractivity contribution in [3.63, 3.8) is 0 Å². The third kappa shape index (κ3) is 6.69. The molecule has 1 saturated heterocycles. The van der Waals surface area contributed by atoms with Crippen LogP contribution in [0.1, 0.15) is 48.6 Å². The van der Waals surface area contributed by atoms with E-state index in [-0.39, 0.29) is 16.5 Å². The van der Waals surface area contributed by atoms with E-state index in [9.17, 15) is 14.7 Å². The number of rotatable bonds is 10. The second-order valence-corrected chi connectivity index (χ2v) is 13.4. The third-order valence-electron chi connectivity index (χ3n) is 7.48. The maximum atomic E-state index is 13.7. The fraction of sp³-hybridized carbons (Fsp3) is 0.294. The number of aryl methyl sites for hydroxylation is 1. The molecule has 0 aliphatic carbocycles. The number of thioether (sulfide) groups is 1. The van der Waals surface area contributed by atoms with Crippen LogP contribution >= 0.6 is 23.1 Å². The zero-order chi connectivity index (χ0) is 31.5. The molecule has 1 fully saturated rings. The Labute approximate surface area is 269 Å². The molecule has 9 nitrogen and oxygen atoms in total. The number of Topliss-reactive ketones (excluding diaryl/α,β-unsaturated/α-hetero) is 1. The average Bonchev–Trinajstić information content (AvgIpc) is 3.61. The fourth-order valence-electron chi connectivity index (χ4n) is 5.07. The van der Waals surface area contributed by atoms with Gasteiger partial charge in [0.1, 0.15) is 24.7 Å². The standard InChI is InChI=1S/C34H33N3O6S2/c1-20(2)13-14-41-25-6-4-5-23(17-25)29-28(30(38)24-11-12-26-27(18-24)43-16-15-42-26)31(39)32(40)37(29)33-35-36-34(45-33)44-19-22-9-7-21(3)8-10-22/h4-12,17-18,20,29,38H,13-16,19H2,1-3H3/t29-/m0/s1. The SMILES string of the molecule is Cc1ccc(CSc2nnc(N3C(=O)C(=O)C(=C(O)c4ccc5c(c4)OCCO5)[C@@H]3c3cccc(OCCC(C)C)c3)s2)cc1. The number of hydrogen-bond donors (Lipinski definition) is 1. The minimum Gasteiger partial charge on any atom is -0.507 e. The number of ketones is 1. The number of aliphatic hydroxyl groups excluding tert-OH is 1. The number of carbonyl (C=O) groups is 2. The summed E-state index contributed by atoms with van der Waals surface area (Å²) < 4.78 is 18.0. The summed E-state index contributed by atoms with van der Waals surface area (Å²) in [5, 5.41) is 20.5. The summed E-state index contributed by atoms with van der Waals surface area (Å²) in [5.74, 6) is 0.825. The molecule has 0 unspecified atom stereocenters. The fourth-order valence-corrected chi connectivity index (χ4v) is 6.89. The molecule has 3 aromatic carbocycles. The molecule has 4 aromatic rings. The van der Waals surface area contributed by atoms with E-state index in [0.29, 0.717) is 64.2 Å². The Bertz CT molecular complexity index is 1750. The van der Waals surface area contributed by atoms with Gasteiger partial charge in [0.05, 0.1) is 18.2 Å². The quantitative estimate of drug-likeness (QED) is 0.0644. The number of benzene rings is 3. The highest BCUT2D eigenvalue weighted by atomic mass is 32.2. The predicted octanol–water partition coefficient (Wildman–Crippen LogP) is 6.96. The molecule has 45 heavy (non-hydrogen) atoms. The molecule has 1 aromatic heterocycles. The molecule has 0 radical (unpaired) electrons. The number of ether oxygens (including phenoxy) is 3. The number of fused-ring (bicyclic) bond motifs is 1. The summed E-state index contributed by atoms with van der Waals surface area (Å²) in [7, 11) is 0. The van der Waals surface area contributed by atoms with E-state index in [0.717, 1.165) is 12.0 Å². The summed E-state index contributed by atoms with van der Waals surface area (Å²) >= 11 is 2.73. The average molecular weight is 644 g/mol. The molecule has 6 rings (SSSR count). The van der Waals surface area contributed by atoms with Crippen molar-refractivity contribution < 1.29 is 28.9 Å². The molecule has 2 aliphatic rings. The van der Waals surface area contributed by atoms with Crippen molar-refractivity contribution in [1.82, 2.24) is 10.2 Å². The van der Waals surface area contributed by atoms with Gasteiger partial charge in [0.2, 0.25) is 5.13 Å². The molecular weight excluding hydrogens is 611 g/mol. The van der Waals surface area contributed by atoms with Gasteiger partial charge >= 0.3 is 5.91 Å². The number of anilines is 1. The Morgan fingerprint density at radius 1 is 1.04 bits per heavy atom. The molecule has 1 atom stereocenters. The number of amides is 1. The number of aromatic nitrogens is 2. The van der Waals surface area contributed by atoms with Gasteiger partial charge in [0.25, 0.3) is 5.78 Å². The second kappa shape index (κ2) is 13.3. The van der Waals surface area contributed by atoms with Crippen molar-refractivity contribution in [2.75, 3.05) is 24.7 Å². The first kappa shape index (κ1) is 30.7. The van der Waals surface area contributed by atoms with Crippen molar-refractivity contribution in [3.8, 4) is 17.2 Å². The molecule has 11 heteroatoms. The highest BCUT2D eigenvalue weighted by Gasteiger charge is 2.48. The van der Waals surface area contributed by atoms with Crippen LogP contribution < -0.4 is 19.1 Å². The van der Waals surface area contributed by atoms with Gasteiger partial charge in [0.15, 0.2) is 15.8 Å². The Morgan fingerprint density at radius 2 is 1.82 bits per heavy atom. The molecular formula is C34H33N3O6S2. The van der Waals surface area contributed by atoms with Gasteiger partial charge in [0, 0.05) is 11.3 Å². The van der Waals surface area contributed by atoms with E-state index >= 15 is 0 Å². The van der Waals surface area contributed by atoms with E-state index < -0.39 is 17.7 Å². The first-order chi connectivity index (χ1) is 21.8. The lowest BCUT2D eigenvalue weighted by atomic mass is 9.95. The summed E-state index contributed by atoms with van der Waals surface area (Å²) in [4.78, 5) is 28.7. The van der Waals surface area contributed by atoms with E-state index in [1.165, 1.54) is 33.6 Å². The summed E-state index contributed by atoms with van der Waals surface area (Å²) in [5.41, 5.74) is 3.19. The lowest BCUT2D eigenvalue weighted by molar-refractivity contribution is -0.132. The van der Waals surface area contributed by atoms with Gasteiger partial charge < -0.3 is 19.3 Å². The molecule has 0 spiro atoms. The zero-order valence-electron chi connectivity index (χ0n) is 25.2. The van der Waals surface area contributed by atoms with Gasteiger partial charge in [-0.3, -0.25) is 14.5 Å². The molecule has 2 aliphatic heterocycles. The van der Waals surface area contributed by atoms with Crippen LogP contribution in [0.15, 0.2) is 76.6 Å². The minimum atomic E-state index is -0.963. The van der Waals surface area contributed by atoms with Crippen molar-refractivity contribution in [2.24, 2.45) is 5.92 Å². The highest BCUT2D eigenvalue weighted by molar-refractivity contribution is 8.00. The maximum Gasteiger partial charge on any atom is 0.301 e. The Hall–Kier alpha value is -4.35. The van der Waals surface area contributed by atoms with Crippen LogP contribution in [0.5, 0.6) is 17.2 Å². The molecule has 1 N–H and O–H groups in total. The normalized spacial score (nSPS) is 17.2. The van der Waals surface area contributed by atoms with E-state index in [1.54, 1.807) is 24.3 Å². The first-order valence-corrected chi connectivity index (χ1v) is 16.5. The van der Waals surface area contributed by atoms with Crippen LogP contribution in [0.4, 0.5) is 5.13 Å². The van der Waals surface area contributed by atoms with Crippen LogP contribution in [-0.2, 0) is 15.3 Å². The number of nitrogens with zero attached hydrogens (tertiary/aromatic N) is 3.